The van der Waals surface area contributed by atoms with Crippen molar-refractivity contribution >= 4 is 28.7 Å². The van der Waals surface area contributed by atoms with E-state index in [9.17, 15) is 4.79 Å². The monoisotopic (exact) mass is 352 g/mol. The number of halogens is 1. The molecule has 0 aromatic carbocycles. The molecule has 0 amide bonds. The first-order valence-electron chi connectivity index (χ1n) is 6.51. The van der Waals surface area contributed by atoms with Gasteiger partial charge in [0, 0.05) is 3.42 Å². The fraction of sp³-hybridized carbons (Fsp3) is 0.923. The fourth-order valence-corrected chi connectivity index (χ4v) is 5.10. The first-order valence-corrected chi connectivity index (χ1v) is 7.59. The van der Waals surface area contributed by atoms with Crippen molar-refractivity contribution in [1.29, 1.82) is 0 Å². The summed E-state index contributed by atoms with van der Waals surface area (Å²) in [5.41, 5.74) is 0. The maximum atomic E-state index is 10.9. The van der Waals surface area contributed by atoms with Crippen molar-refractivity contribution in [2.75, 3.05) is 13.7 Å². The van der Waals surface area contributed by atoms with Crippen LogP contribution in [-0.4, -0.2) is 23.3 Å². The van der Waals surface area contributed by atoms with E-state index in [2.05, 4.69) is 27.3 Å². The van der Waals surface area contributed by atoms with E-state index in [0.29, 0.717) is 10.0 Å². The number of rotatable bonds is 3. The number of ether oxygens (including phenoxy) is 2. The number of carbonyl (C=O) groups is 1. The number of fused-ring (bicyclic) bond motifs is 2. The molecular weight excluding hydrogens is 331 g/mol. The molecule has 2 rings (SSSR count). The summed E-state index contributed by atoms with van der Waals surface area (Å²) in [7, 11) is 1.35. The van der Waals surface area contributed by atoms with Gasteiger partial charge in [0.05, 0.1) is 13.7 Å². The van der Waals surface area contributed by atoms with Crippen LogP contribution in [0, 0.1) is 11.8 Å². The molecule has 0 aliphatic heterocycles. The van der Waals surface area contributed by atoms with Crippen molar-refractivity contribution in [1.82, 2.24) is 0 Å². The Morgan fingerprint density at radius 2 is 2.29 bits per heavy atom. The number of methoxy groups -OCH3 is 1. The number of hydrogen-bond donors (Lipinski definition) is 0. The molecule has 2 saturated carbocycles. The highest BCUT2D eigenvalue weighted by atomic mass is 127. The minimum Gasteiger partial charge on any atom is -0.438 e. The summed E-state index contributed by atoms with van der Waals surface area (Å²) in [5, 5.41) is 0. The van der Waals surface area contributed by atoms with Crippen molar-refractivity contribution < 1.29 is 14.3 Å². The lowest BCUT2D eigenvalue weighted by Crippen LogP contribution is -2.37. The van der Waals surface area contributed by atoms with Crippen molar-refractivity contribution in [3.8, 4) is 0 Å². The van der Waals surface area contributed by atoms with Crippen LogP contribution >= 0.6 is 22.6 Å². The summed E-state index contributed by atoms with van der Waals surface area (Å²) in [4.78, 5) is 10.9. The summed E-state index contributed by atoms with van der Waals surface area (Å²) < 4.78 is 9.99. The molecule has 2 aliphatic carbocycles. The molecular formula is C13H21IO3. The Bertz CT molecular complexity index is 282. The number of hydrogen-bond acceptors (Lipinski definition) is 3. The van der Waals surface area contributed by atoms with Gasteiger partial charge in [-0.3, -0.25) is 0 Å². The molecule has 2 bridgehead atoms. The zero-order chi connectivity index (χ0) is 12.3. The van der Waals surface area contributed by atoms with Crippen LogP contribution in [-0.2, 0) is 9.47 Å². The van der Waals surface area contributed by atoms with Crippen LogP contribution in [0.15, 0.2) is 0 Å². The van der Waals surface area contributed by atoms with Gasteiger partial charge in [0.2, 0.25) is 0 Å². The number of alkyl halides is 1. The largest absolute Gasteiger partial charge is 0.507 e. The van der Waals surface area contributed by atoms with Gasteiger partial charge in [-0.05, 0) is 43.9 Å². The van der Waals surface area contributed by atoms with E-state index in [1.807, 2.05) is 0 Å². The third kappa shape index (κ3) is 3.73. The molecule has 0 saturated heterocycles. The first kappa shape index (κ1) is 13.4. The standard InChI is InChI=1S/C13H21IO3/c1-16-12(15)17-6-4-11-7-10-3-2-5-13(14,8-10)9-11/h10-11H,2-9H2,1H3. The molecule has 17 heavy (non-hydrogen) atoms. The van der Waals surface area contributed by atoms with Gasteiger partial charge in [-0.15, -0.1) is 0 Å². The molecule has 0 aromatic heterocycles. The average molecular weight is 352 g/mol. The lowest BCUT2D eigenvalue weighted by Gasteiger charge is -2.45. The lowest BCUT2D eigenvalue weighted by molar-refractivity contribution is 0.0617. The van der Waals surface area contributed by atoms with Crippen LogP contribution in [0.2, 0.25) is 0 Å². The highest BCUT2D eigenvalue weighted by Gasteiger charge is 2.40. The predicted octanol–water partition coefficient (Wildman–Crippen LogP) is 3.93. The van der Waals surface area contributed by atoms with Gasteiger partial charge in [-0.1, -0.05) is 35.4 Å². The molecule has 4 heteroatoms. The third-order valence-corrected chi connectivity index (χ3v) is 5.55. The van der Waals surface area contributed by atoms with Crippen LogP contribution in [0.3, 0.4) is 0 Å². The smallest absolute Gasteiger partial charge is 0.438 e. The highest BCUT2D eigenvalue weighted by molar-refractivity contribution is 14.1. The zero-order valence-electron chi connectivity index (χ0n) is 10.4. The van der Waals surface area contributed by atoms with Crippen LogP contribution in [0.4, 0.5) is 4.79 Å². The first-order chi connectivity index (χ1) is 8.11. The Hall–Kier alpha value is 0. The van der Waals surface area contributed by atoms with E-state index in [1.165, 1.54) is 45.6 Å². The second-order valence-corrected chi connectivity index (χ2v) is 7.80. The SMILES string of the molecule is COC(=O)OCCC1CC2CCCC(I)(C2)C1. The molecule has 0 aromatic rings. The maximum Gasteiger partial charge on any atom is 0.507 e. The summed E-state index contributed by atoms with van der Waals surface area (Å²) in [5.74, 6) is 1.65. The van der Waals surface area contributed by atoms with E-state index in [0.717, 1.165) is 18.3 Å². The van der Waals surface area contributed by atoms with Crippen LogP contribution in [0.5, 0.6) is 0 Å². The van der Waals surface area contributed by atoms with Gasteiger partial charge in [-0.25, -0.2) is 4.79 Å². The summed E-state index contributed by atoms with van der Waals surface area (Å²) in [6.45, 7) is 0.511. The molecule has 0 radical (unpaired) electrons. The van der Waals surface area contributed by atoms with Crippen LogP contribution in [0.1, 0.15) is 44.9 Å². The summed E-state index contributed by atoms with van der Waals surface area (Å²) >= 11 is 2.68. The van der Waals surface area contributed by atoms with Gasteiger partial charge in [-0.2, -0.15) is 0 Å². The Morgan fingerprint density at radius 1 is 1.47 bits per heavy atom. The van der Waals surface area contributed by atoms with Crippen LogP contribution in [0.25, 0.3) is 0 Å². The molecule has 3 atom stereocenters. The second-order valence-electron chi connectivity index (χ2n) is 5.51. The Balaban J connectivity index is 1.76. The summed E-state index contributed by atoms with van der Waals surface area (Å²) in [6, 6.07) is 0. The Morgan fingerprint density at radius 3 is 3.00 bits per heavy atom. The Kier molecular flexibility index (Phi) is 4.55. The molecule has 0 N–H and O–H groups in total. The van der Waals surface area contributed by atoms with Gasteiger partial charge in [0.15, 0.2) is 0 Å². The molecule has 3 unspecified atom stereocenters. The molecule has 3 nitrogen and oxygen atoms in total. The van der Waals surface area contributed by atoms with Gasteiger partial charge in [0.1, 0.15) is 0 Å². The maximum absolute atomic E-state index is 10.9. The molecule has 98 valence electrons. The minimum atomic E-state index is -0.551. The van der Waals surface area contributed by atoms with Gasteiger partial charge >= 0.3 is 6.16 Å². The number of carbonyl (C=O) groups excluding carboxylic acids is 1. The molecule has 0 spiro atoms. The van der Waals surface area contributed by atoms with E-state index >= 15 is 0 Å². The van der Waals surface area contributed by atoms with E-state index < -0.39 is 6.16 Å². The normalized spacial score (nSPS) is 36.4. The van der Waals surface area contributed by atoms with Crippen molar-refractivity contribution in [2.24, 2.45) is 11.8 Å². The minimum absolute atomic E-state index is 0.511. The van der Waals surface area contributed by atoms with E-state index in [1.54, 1.807) is 0 Å². The van der Waals surface area contributed by atoms with Crippen molar-refractivity contribution in [3.05, 3.63) is 0 Å². The highest BCUT2D eigenvalue weighted by Crippen LogP contribution is 2.51. The van der Waals surface area contributed by atoms with Crippen molar-refractivity contribution in [3.63, 3.8) is 0 Å². The molecule has 2 fully saturated rings. The van der Waals surface area contributed by atoms with Crippen molar-refractivity contribution in [2.45, 2.75) is 48.4 Å². The molecule has 2 aliphatic rings. The predicted molar refractivity (Wildman–Crippen MR) is 74.4 cm³/mol. The van der Waals surface area contributed by atoms with Gasteiger partial charge in [0.25, 0.3) is 0 Å². The summed E-state index contributed by atoms with van der Waals surface area (Å²) in [6.07, 6.45) is 8.66. The lowest BCUT2D eigenvalue weighted by atomic mass is 9.67. The quantitative estimate of drug-likeness (QED) is 0.439. The average Bonchev–Trinajstić information content (AvgIpc) is 2.27. The third-order valence-electron chi connectivity index (χ3n) is 4.13. The second kappa shape index (κ2) is 5.76. The Labute approximate surface area is 117 Å². The zero-order valence-corrected chi connectivity index (χ0v) is 12.6. The topological polar surface area (TPSA) is 35.5 Å². The van der Waals surface area contributed by atoms with Gasteiger partial charge < -0.3 is 9.47 Å². The van der Waals surface area contributed by atoms with E-state index in [4.69, 9.17) is 4.74 Å². The van der Waals surface area contributed by atoms with Crippen LogP contribution < -0.4 is 0 Å². The van der Waals surface area contributed by atoms with E-state index in [-0.39, 0.29) is 0 Å². The molecule has 0 heterocycles. The fourth-order valence-electron chi connectivity index (χ4n) is 3.48.